The van der Waals surface area contributed by atoms with Gasteiger partial charge in [-0.05, 0) is 109 Å². The summed E-state index contributed by atoms with van der Waals surface area (Å²) >= 11 is 0. The molecular formula is C53H84O23. The first kappa shape index (κ1) is 58.6. The van der Waals surface area contributed by atoms with Gasteiger partial charge in [0.15, 0.2) is 25.0 Å². The van der Waals surface area contributed by atoms with Gasteiger partial charge < -0.3 is 104 Å². The van der Waals surface area contributed by atoms with Crippen LogP contribution in [0.2, 0.25) is 0 Å². The van der Waals surface area contributed by atoms with Crippen molar-refractivity contribution in [2.24, 2.45) is 50.2 Å². The summed E-state index contributed by atoms with van der Waals surface area (Å²) in [7, 11) is 0. The number of esters is 1. The molecule has 0 aromatic rings. The van der Waals surface area contributed by atoms with Crippen molar-refractivity contribution < 1.29 is 114 Å². The Bertz CT molecular complexity index is 2140. The molecular weight excluding hydrogens is 1000 g/mol. The van der Waals surface area contributed by atoms with Gasteiger partial charge in [0, 0.05) is 0 Å². The number of hydrogen-bond acceptors (Lipinski definition) is 22. The van der Waals surface area contributed by atoms with Crippen LogP contribution < -0.4 is 0 Å². The van der Waals surface area contributed by atoms with E-state index in [0.29, 0.717) is 32.1 Å². The smallest absolute Gasteiger partial charge is 0.335 e. The number of aliphatic hydroxyl groups excluding tert-OH is 12. The van der Waals surface area contributed by atoms with Crippen LogP contribution >= 0.6 is 0 Å². The molecule has 4 saturated heterocycles. The molecule has 0 amide bonds. The van der Waals surface area contributed by atoms with Crippen molar-refractivity contribution >= 4 is 11.9 Å². The SMILES string of the molecule is CC1(C)CC[C@]2(C(=O)O[C@@H]3O[C@H](CO)[C@@H](O)[C@H](O)[C@H]3O)CC[C@]3(C)C(=CC[C@@H]4[C@@]5(C)CC[C@H](O[C@@H]6O[C@H](C(=O)O)[C@@H](O)[C@H](O[C@@H]7O[C@H](CO)[C@H](O)[C@H](O[C@@H]8OC[C@@H](O)[C@H](O)[C@H]8O)[C@H]7O)[C@H]6O)C(C)(C)[C@@H]5CC[C@]43C)[C@@H]2C1. The maximum atomic E-state index is 14.7. The Balaban J connectivity index is 0.929. The van der Waals surface area contributed by atoms with Crippen molar-refractivity contribution in [1.29, 1.82) is 0 Å². The third kappa shape index (κ3) is 9.42. The maximum absolute atomic E-state index is 14.7. The molecule has 23 heteroatoms. The minimum absolute atomic E-state index is 0.0504. The van der Waals surface area contributed by atoms with E-state index in [1.54, 1.807) is 0 Å². The Morgan fingerprint density at radius 1 is 0.605 bits per heavy atom. The lowest BCUT2D eigenvalue weighted by atomic mass is 9.33. The number of carbonyl (C=O) groups is 2. The molecule has 0 bridgehead atoms. The first-order valence-electron chi connectivity index (χ1n) is 27.2. The summed E-state index contributed by atoms with van der Waals surface area (Å²) < 4.78 is 46.7. The summed E-state index contributed by atoms with van der Waals surface area (Å²) in [6.45, 7) is 13.7. The second kappa shape index (κ2) is 21.0. The number of ether oxygens (including phenoxy) is 8. The molecule has 4 heterocycles. The number of carboxylic acids is 1. The molecule has 23 nitrogen and oxygen atoms in total. The second-order valence-electron chi connectivity index (χ2n) is 25.9. The Labute approximate surface area is 442 Å². The van der Waals surface area contributed by atoms with Gasteiger partial charge >= 0.3 is 11.9 Å². The normalized spacial score (nSPS) is 52.9. The fourth-order valence-corrected chi connectivity index (χ4v) is 16.2. The monoisotopic (exact) mass is 1090 g/mol. The number of allylic oxidation sites excluding steroid dienone is 2. The van der Waals surface area contributed by atoms with E-state index in [-0.39, 0.29) is 39.4 Å². The van der Waals surface area contributed by atoms with Gasteiger partial charge in [-0.15, -0.1) is 0 Å². The molecule has 8 fully saturated rings. The van der Waals surface area contributed by atoms with Crippen molar-refractivity contribution in [3.05, 3.63) is 11.6 Å². The van der Waals surface area contributed by atoms with Gasteiger partial charge in [0.1, 0.15) is 85.5 Å². The molecule has 4 saturated carbocycles. The summed E-state index contributed by atoms with van der Waals surface area (Å²) in [6.07, 6.45) is -24.4. The predicted octanol–water partition coefficient (Wildman–Crippen LogP) is -1.30. The van der Waals surface area contributed by atoms with Crippen molar-refractivity contribution in [2.45, 2.75) is 235 Å². The lowest BCUT2D eigenvalue weighted by Gasteiger charge is -2.71. The second-order valence-corrected chi connectivity index (χ2v) is 25.9. The van der Waals surface area contributed by atoms with Gasteiger partial charge in [-0.25, -0.2) is 4.79 Å². The van der Waals surface area contributed by atoms with Crippen molar-refractivity contribution in [3.63, 3.8) is 0 Å². The molecule has 0 spiro atoms. The minimum Gasteiger partial charge on any atom is -0.479 e. The van der Waals surface area contributed by atoms with Gasteiger partial charge in [-0.2, -0.15) is 0 Å². The van der Waals surface area contributed by atoms with Crippen LogP contribution in [0, 0.1) is 50.2 Å². The first-order valence-corrected chi connectivity index (χ1v) is 27.2. The van der Waals surface area contributed by atoms with Crippen LogP contribution in [0.25, 0.3) is 0 Å². The Morgan fingerprint density at radius 2 is 1.20 bits per heavy atom. The number of fused-ring (bicyclic) bond motifs is 7. The van der Waals surface area contributed by atoms with Crippen LogP contribution in [0.3, 0.4) is 0 Å². The molecule has 27 atom stereocenters. The topological polar surface area (TPSA) is 371 Å². The summed E-state index contributed by atoms with van der Waals surface area (Å²) in [4.78, 5) is 27.4. The van der Waals surface area contributed by atoms with E-state index in [1.807, 2.05) is 0 Å². The zero-order chi connectivity index (χ0) is 55.6. The lowest BCUT2D eigenvalue weighted by molar-refractivity contribution is -0.379. The summed E-state index contributed by atoms with van der Waals surface area (Å²) in [5.74, 6) is -2.10. The highest BCUT2D eigenvalue weighted by Gasteiger charge is 2.70. The number of aliphatic carboxylic acids is 1. The molecule has 9 aliphatic rings. The van der Waals surface area contributed by atoms with Crippen molar-refractivity contribution in [1.82, 2.24) is 0 Å². The highest BCUT2D eigenvalue weighted by Crippen LogP contribution is 2.76. The first-order chi connectivity index (χ1) is 35.5. The Kier molecular flexibility index (Phi) is 16.2. The molecule has 76 heavy (non-hydrogen) atoms. The van der Waals surface area contributed by atoms with Gasteiger partial charge in [-0.3, -0.25) is 4.79 Å². The minimum atomic E-state index is -2.07. The van der Waals surface area contributed by atoms with E-state index < -0.39 is 165 Å². The van der Waals surface area contributed by atoms with E-state index in [0.717, 1.165) is 32.1 Å². The summed E-state index contributed by atoms with van der Waals surface area (Å²) in [6, 6.07) is 0. The van der Waals surface area contributed by atoms with Gasteiger partial charge in [0.05, 0.1) is 31.3 Å². The van der Waals surface area contributed by atoms with E-state index in [4.69, 9.17) is 37.9 Å². The van der Waals surface area contributed by atoms with E-state index in [1.165, 1.54) is 5.57 Å². The van der Waals surface area contributed by atoms with Crippen LogP contribution in [0.1, 0.15) is 113 Å². The number of aliphatic hydroxyl groups is 12. The fourth-order valence-electron chi connectivity index (χ4n) is 16.2. The van der Waals surface area contributed by atoms with Gasteiger partial charge in [0.2, 0.25) is 6.29 Å². The molecule has 5 aliphatic carbocycles. The third-order valence-corrected chi connectivity index (χ3v) is 21.0. The summed E-state index contributed by atoms with van der Waals surface area (Å²) in [5, 5.41) is 139. The van der Waals surface area contributed by atoms with Crippen molar-refractivity contribution in [2.75, 3.05) is 19.8 Å². The van der Waals surface area contributed by atoms with E-state index in [9.17, 15) is 76.0 Å². The van der Waals surface area contributed by atoms with Gasteiger partial charge in [-0.1, -0.05) is 60.1 Å². The standard InChI is InChI=1S/C53H84O23/c1-48(2)14-16-53(47(68)76-44-35(62)33(60)31(58)25(19-54)70-44)17-15-51(6)22(23(53)18-48)8-9-28-50(5)12-11-29(49(3,4)27(50)10-13-52(28,51)7)72-46-38(65)40(36(63)41(75-46)42(66)67)74-45-37(64)39(32(59)26(20-55)71-45)73-43-34(61)30(57)24(56)21-69-43/h8,23-41,43-46,54-65H,9-21H2,1-7H3,(H,66,67)/t23-,24+,25+,26+,27-,28+,29-,30-,31+,32-,33-,34+,35+,36-,37+,38+,39-,40-,41-,43-,44-,45-,46+,50-,51+,52+,53-/m0/s1. The zero-order valence-electron chi connectivity index (χ0n) is 44.4. The largest absolute Gasteiger partial charge is 0.479 e. The molecule has 0 radical (unpaired) electrons. The fraction of sp³-hybridized carbons (Fsp3) is 0.925. The van der Waals surface area contributed by atoms with Crippen LogP contribution in [-0.4, -0.2) is 221 Å². The lowest BCUT2D eigenvalue weighted by Crippen LogP contribution is -2.67. The average molecular weight is 1090 g/mol. The van der Waals surface area contributed by atoms with Gasteiger partial charge in [0.25, 0.3) is 0 Å². The maximum Gasteiger partial charge on any atom is 0.335 e. The highest BCUT2D eigenvalue weighted by molar-refractivity contribution is 5.79. The van der Waals surface area contributed by atoms with E-state index in [2.05, 4.69) is 54.5 Å². The number of carboxylic acid groups (broad SMARTS) is 1. The molecule has 13 N–H and O–H groups in total. The third-order valence-electron chi connectivity index (χ3n) is 21.0. The molecule has 0 unspecified atom stereocenters. The van der Waals surface area contributed by atoms with Crippen molar-refractivity contribution in [3.8, 4) is 0 Å². The number of rotatable bonds is 11. The zero-order valence-corrected chi connectivity index (χ0v) is 44.4. The summed E-state index contributed by atoms with van der Waals surface area (Å²) in [5.41, 5.74) is -1.23. The quantitative estimate of drug-likeness (QED) is 0.0649. The molecule has 0 aromatic heterocycles. The van der Waals surface area contributed by atoms with Crippen LogP contribution in [0.15, 0.2) is 11.6 Å². The number of carbonyl (C=O) groups excluding carboxylic acids is 1. The Hall–Kier alpha value is -2.08. The van der Waals surface area contributed by atoms with E-state index >= 15 is 0 Å². The molecule has 0 aromatic carbocycles. The molecule has 434 valence electrons. The predicted molar refractivity (Wildman–Crippen MR) is 257 cm³/mol. The van der Waals surface area contributed by atoms with Crippen LogP contribution in [0.5, 0.6) is 0 Å². The average Bonchev–Trinajstić information content (AvgIpc) is 3.50. The van der Waals surface area contributed by atoms with Crippen LogP contribution in [0.4, 0.5) is 0 Å². The Morgan fingerprint density at radius 3 is 1.86 bits per heavy atom. The molecule has 4 aliphatic heterocycles. The highest BCUT2D eigenvalue weighted by atomic mass is 16.8. The number of hydrogen-bond donors (Lipinski definition) is 13. The van der Waals surface area contributed by atoms with Crippen LogP contribution in [-0.2, 0) is 47.5 Å². The molecule has 9 rings (SSSR count).